The molecule has 0 aliphatic rings. The summed E-state index contributed by atoms with van der Waals surface area (Å²) in [7, 11) is 1.56. The normalized spacial score (nSPS) is 12.5. The van der Waals surface area contributed by atoms with Gasteiger partial charge in [-0.15, -0.1) is 0 Å². The van der Waals surface area contributed by atoms with Gasteiger partial charge in [0.2, 0.25) is 0 Å². The van der Waals surface area contributed by atoms with Crippen LogP contribution in [0.15, 0.2) is 30.3 Å². The number of rotatable bonds is 4. The van der Waals surface area contributed by atoms with Crippen molar-refractivity contribution in [3.63, 3.8) is 0 Å². The van der Waals surface area contributed by atoms with Gasteiger partial charge in [0, 0.05) is 23.7 Å². The largest absolute Gasteiger partial charge is 0.313 e. The number of hydrogen-bond donors (Lipinski definition) is 1. The molecule has 2 rings (SSSR count). The van der Waals surface area contributed by atoms with E-state index in [-0.39, 0.29) is 17.8 Å². The van der Waals surface area contributed by atoms with Crippen molar-refractivity contribution in [2.75, 3.05) is 7.05 Å². The van der Waals surface area contributed by atoms with Gasteiger partial charge >= 0.3 is 0 Å². The highest BCUT2D eigenvalue weighted by Gasteiger charge is 2.21. The van der Waals surface area contributed by atoms with Gasteiger partial charge in [-0.25, -0.2) is 17.6 Å². The summed E-state index contributed by atoms with van der Waals surface area (Å²) in [5.41, 5.74) is 1.24. The molecule has 2 aromatic rings. The molecule has 1 N–H and O–H groups in total. The number of hydrogen-bond acceptors (Lipinski definition) is 1. The van der Waals surface area contributed by atoms with E-state index < -0.39 is 23.5 Å². The first-order valence-electron chi connectivity index (χ1n) is 6.49. The quantitative estimate of drug-likeness (QED) is 0.839. The third-order valence-electron chi connectivity index (χ3n) is 3.47. The number of likely N-dealkylation sites (N-methyl/N-ethyl adjacent to an activating group) is 1. The predicted octanol–water partition coefficient (Wildman–Crippen LogP) is 4.05. The second-order valence-corrected chi connectivity index (χ2v) is 4.90. The van der Waals surface area contributed by atoms with Gasteiger partial charge in [-0.1, -0.05) is 6.07 Å². The van der Waals surface area contributed by atoms with Gasteiger partial charge in [0.05, 0.1) is 0 Å². The second-order valence-electron chi connectivity index (χ2n) is 4.90. The molecule has 1 unspecified atom stereocenters. The Balaban J connectivity index is 2.37. The fourth-order valence-corrected chi connectivity index (χ4v) is 2.34. The van der Waals surface area contributed by atoms with Crippen LogP contribution in [0.4, 0.5) is 17.6 Å². The average molecular weight is 297 g/mol. The Morgan fingerprint density at radius 3 is 2.10 bits per heavy atom. The van der Waals surface area contributed by atoms with Gasteiger partial charge < -0.3 is 5.32 Å². The lowest BCUT2D eigenvalue weighted by Crippen LogP contribution is -2.22. The van der Waals surface area contributed by atoms with Gasteiger partial charge in [0.25, 0.3) is 0 Å². The van der Waals surface area contributed by atoms with Crippen LogP contribution in [0.3, 0.4) is 0 Å². The van der Waals surface area contributed by atoms with E-state index in [0.29, 0.717) is 17.7 Å². The Morgan fingerprint density at radius 1 is 0.952 bits per heavy atom. The Labute approximate surface area is 120 Å². The molecule has 0 amide bonds. The summed E-state index contributed by atoms with van der Waals surface area (Å²) in [6.45, 7) is 1.72. The highest BCUT2D eigenvalue weighted by Crippen LogP contribution is 2.26. The number of nitrogens with one attached hydrogen (secondary N) is 1. The van der Waals surface area contributed by atoms with Crippen molar-refractivity contribution >= 4 is 0 Å². The second kappa shape index (κ2) is 6.26. The third-order valence-corrected chi connectivity index (χ3v) is 3.47. The molecular formula is C16H15F4N. The fourth-order valence-electron chi connectivity index (χ4n) is 2.34. The van der Waals surface area contributed by atoms with Crippen molar-refractivity contribution in [2.45, 2.75) is 19.4 Å². The first kappa shape index (κ1) is 15.5. The molecule has 0 fully saturated rings. The molecule has 0 spiro atoms. The van der Waals surface area contributed by atoms with Gasteiger partial charge in [-0.2, -0.15) is 0 Å². The highest BCUT2D eigenvalue weighted by atomic mass is 19.1. The molecule has 0 aromatic heterocycles. The SMILES string of the molecule is CNC(Cc1ccc(F)cc1C)c1c(F)cc(F)cc1F. The predicted molar refractivity (Wildman–Crippen MR) is 73.0 cm³/mol. The lowest BCUT2D eigenvalue weighted by atomic mass is 9.95. The average Bonchev–Trinajstić information content (AvgIpc) is 2.39. The molecule has 0 aliphatic carbocycles. The first-order chi connectivity index (χ1) is 9.92. The van der Waals surface area contributed by atoms with Crippen LogP contribution >= 0.6 is 0 Å². The van der Waals surface area contributed by atoms with Gasteiger partial charge in [0.1, 0.15) is 23.3 Å². The van der Waals surface area contributed by atoms with E-state index in [1.54, 1.807) is 20.0 Å². The molecule has 0 aliphatic heterocycles. The van der Waals surface area contributed by atoms with Crippen molar-refractivity contribution in [3.8, 4) is 0 Å². The van der Waals surface area contributed by atoms with E-state index >= 15 is 0 Å². The van der Waals surface area contributed by atoms with Gasteiger partial charge in [-0.3, -0.25) is 0 Å². The van der Waals surface area contributed by atoms with Gasteiger partial charge in [0.15, 0.2) is 0 Å². The van der Waals surface area contributed by atoms with Gasteiger partial charge in [-0.05, 0) is 43.7 Å². The van der Waals surface area contributed by atoms with Crippen LogP contribution in [0.2, 0.25) is 0 Å². The standard InChI is InChI=1S/C16H15F4N/c1-9-5-11(17)4-3-10(9)6-15(21-2)16-13(19)7-12(18)8-14(16)20/h3-5,7-8,15,21H,6H2,1-2H3. The van der Waals surface area contributed by atoms with Crippen LogP contribution in [0, 0.1) is 30.2 Å². The zero-order chi connectivity index (χ0) is 15.6. The summed E-state index contributed by atoms with van der Waals surface area (Å²) < 4.78 is 53.7. The van der Waals surface area contributed by atoms with Crippen LogP contribution in [-0.2, 0) is 6.42 Å². The zero-order valence-electron chi connectivity index (χ0n) is 11.7. The molecule has 0 bridgehead atoms. The maximum Gasteiger partial charge on any atom is 0.133 e. The third kappa shape index (κ3) is 3.42. The minimum absolute atomic E-state index is 0.220. The van der Waals surface area contributed by atoms with Crippen LogP contribution in [-0.4, -0.2) is 7.05 Å². The molecule has 0 heterocycles. The van der Waals surface area contributed by atoms with E-state index in [9.17, 15) is 17.6 Å². The molecule has 112 valence electrons. The van der Waals surface area contributed by atoms with E-state index in [1.807, 2.05) is 0 Å². The van der Waals surface area contributed by atoms with Crippen LogP contribution in [0.1, 0.15) is 22.7 Å². The minimum Gasteiger partial charge on any atom is -0.313 e. The molecule has 5 heteroatoms. The molecule has 21 heavy (non-hydrogen) atoms. The van der Waals surface area contributed by atoms with Crippen LogP contribution in [0.25, 0.3) is 0 Å². The highest BCUT2D eigenvalue weighted by molar-refractivity contribution is 5.31. The Hall–Kier alpha value is -1.88. The fraction of sp³-hybridized carbons (Fsp3) is 0.250. The lowest BCUT2D eigenvalue weighted by Gasteiger charge is -2.19. The Morgan fingerprint density at radius 2 is 1.57 bits per heavy atom. The van der Waals surface area contributed by atoms with Crippen molar-refractivity contribution in [3.05, 3.63) is 70.3 Å². The summed E-state index contributed by atoms with van der Waals surface area (Å²) in [4.78, 5) is 0. The van der Waals surface area contributed by atoms with Crippen molar-refractivity contribution in [2.24, 2.45) is 0 Å². The maximum absolute atomic E-state index is 13.8. The lowest BCUT2D eigenvalue weighted by molar-refractivity contribution is 0.474. The summed E-state index contributed by atoms with van der Waals surface area (Å²) in [6, 6.07) is 4.87. The summed E-state index contributed by atoms with van der Waals surface area (Å²) >= 11 is 0. The Bertz CT molecular complexity index is 632. The van der Waals surface area contributed by atoms with Crippen LogP contribution in [0.5, 0.6) is 0 Å². The van der Waals surface area contributed by atoms with E-state index in [4.69, 9.17) is 0 Å². The Kier molecular flexibility index (Phi) is 4.63. The minimum atomic E-state index is -0.957. The summed E-state index contributed by atoms with van der Waals surface area (Å²) in [5, 5.41) is 2.81. The number of halogens is 4. The molecular weight excluding hydrogens is 282 g/mol. The van der Waals surface area contributed by atoms with E-state index in [0.717, 1.165) is 5.56 Å². The monoisotopic (exact) mass is 297 g/mol. The molecule has 2 aromatic carbocycles. The number of aryl methyl sites for hydroxylation is 1. The zero-order valence-corrected chi connectivity index (χ0v) is 11.7. The molecule has 0 saturated carbocycles. The number of benzene rings is 2. The molecule has 1 nitrogen and oxygen atoms in total. The molecule has 0 saturated heterocycles. The first-order valence-corrected chi connectivity index (χ1v) is 6.49. The smallest absolute Gasteiger partial charge is 0.133 e. The molecule has 0 radical (unpaired) electrons. The van der Waals surface area contributed by atoms with E-state index in [2.05, 4.69) is 5.32 Å². The topological polar surface area (TPSA) is 12.0 Å². The van der Waals surface area contributed by atoms with Crippen molar-refractivity contribution in [1.29, 1.82) is 0 Å². The summed E-state index contributed by atoms with van der Waals surface area (Å²) in [5.74, 6) is -3.20. The van der Waals surface area contributed by atoms with Crippen LogP contribution < -0.4 is 5.32 Å². The van der Waals surface area contributed by atoms with E-state index in [1.165, 1.54) is 12.1 Å². The summed E-state index contributed by atoms with van der Waals surface area (Å²) in [6.07, 6.45) is 0.266. The molecule has 1 atom stereocenters. The van der Waals surface area contributed by atoms with Crippen molar-refractivity contribution < 1.29 is 17.6 Å². The van der Waals surface area contributed by atoms with Crippen molar-refractivity contribution in [1.82, 2.24) is 5.32 Å². The maximum atomic E-state index is 13.8.